The number of nitrogens with two attached hydrogens (primary N) is 1. The van der Waals surface area contributed by atoms with E-state index in [9.17, 15) is 4.79 Å². The second-order valence-corrected chi connectivity index (χ2v) is 6.28. The van der Waals surface area contributed by atoms with Gasteiger partial charge >= 0.3 is 0 Å². The quantitative estimate of drug-likeness (QED) is 0.819. The topological polar surface area (TPSA) is 67.6 Å². The summed E-state index contributed by atoms with van der Waals surface area (Å²) >= 11 is 0. The lowest BCUT2D eigenvalue weighted by molar-refractivity contribution is -0.117. The molecule has 0 aliphatic carbocycles. The third-order valence-electron chi connectivity index (χ3n) is 4.75. The Balaban J connectivity index is 1.80. The van der Waals surface area contributed by atoms with Gasteiger partial charge in [-0.25, -0.2) is 0 Å². The van der Waals surface area contributed by atoms with E-state index in [4.69, 9.17) is 10.5 Å². The van der Waals surface area contributed by atoms with Gasteiger partial charge in [0.15, 0.2) is 0 Å². The Morgan fingerprint density at radius 3 is 2.72 bits per heavy atom. The number of hydrogen-bond acceptors (Lipinski definition) is 4. The molecule has 1 unspecified atom stereocenters. The van der Waals surface area contributed by atoms with Crippen molar-refractivity contribution in [3.05, 3.63) is 48.0 Å². The van der Waals surface area contributed by atoms with Crippen molar-refractivity contribution in [1.29, 1.82) is 0 Å². The molecule has 1 aliphatic rings. The number of carbonyl (C=O) groups excluding carboxylic acids is 1. The number of ether oxygens (including phenoxy) is 1. The van der Waals surface area contributed by atoms with E-state index in [1.807, 2.05) is 43.3 Å². The number of carbonyl (C=O) groups is 1. The summed E-state index contributed by atoms with van der Waals surface area (Å²) in [6, 6.07) is 13.1. The predicted octanol–water partition coefficient (Wildman–Crippen LogP) is 3.45. The number of rotatable bonds is 5. The molecule has 0 saturated carbocycles. The Kier molecular flexibility index (Phi) is 5.12. The molecule has 2 aromatic rings. The van der Waals surface area contributed by atoms with Gasteiger partial charge < -0.3 is 20.7 Å². The molecule has 132 valence electrons. The van der Waals surface area contributed by atoms with E-state index < -0.39 is 0 Å². The molecule has 0 radical (unpaired) electrons. The van der Waals surface area contributed by atoms with E-state index in [-0.39, 0.29) is 11.9 Å². The third kappa shape index (κ3) is 3.55. The van der Waals surface area contributed by atoms with Crippen LogP contribution in [0.15, 0.2) is 42.5 Å². The molecule has 3 N–H and O–H groups in total. The Morgan fingerprint density at radius 1 is 1.28 bits per heavy atom. The summed E-state index contributed by atoms with van der Waals surface area (Å²) in [5.74, 6) is 0.772. The molecule has 0 spiro atoms. The Hall–Kier alpha value is -2.69. The van der Waals surface area contributed by atoms with Gasteiger partial charge in [0.25, 0.3) is 0 Å². The van der Waals surface area contributed by atoms with Crippen LogP contribution in [0.3, 0.4) is 0 Å². The highest BCUT2D eigenvalue weighted by Gasteiger charge is 2.29. The minimum Gasteiger partial charge on any atom is -0.497 e. The predicted molar refractivity (Wildman–Crippen MR) is 102 cm³/mol. The van der Waals surface area contributed by atoms with E-state index in [2.05, 4.69) is 16.3 Å². The van der Waals surface area contributed by atoms with E-state index in [0.717, 1.165) is 54.2 Å². The summed E-state index contributed by atoms with van der Waals surface area (Å²) in [6.07, 6.45) is 2.71. The molecule has 5 nitrogen and oxygen atoms in total. The van der Waals surface area contributed by atoms with Crippen LogP contribution in [-0.2, 0) is 11.2 Å². The molecule has 1 aliphatic heterocycles. The zero-order valence-corrected chi connectivity index (χ0v) is 14.8. The minimum absolute atomic E-state index is 0.00272. The first-order valence-corrected chi connectivity index (χ1v) is 8.73. The molecule has 25 heavy (non-hydrogen) atoms. The van der Waals surface area contributed by atoms with Crippen LogP contribution < -0.4 is 20.7 Å². The molecular formula is C20H25N3O2. The van der Waals surface area contributed by atoms with Crippen molar-refractivity contribution >= 4 is 23.0 Å². The zero-order chi connectivity index (χ0) is 17.8. The maximum atomic E-state index is 12.9. The molecular weight excluding hydrogens is 314 g/mol. The number of fused-ring (bicyclic) bond motifs is 1. The molecule has 0 fully saturated rings. The number of amides is 1. The summed E-state index contributed by atoms with van der Waals surface area (Å²) in [5, 5.41) is 3.02. The van der Waals surface area contributed by atoms with Gasteiger partial charge in [-0.3, -0.25) is 4.79 Å². The normalized spacial score (nSPS) is 14.6. The third-order valence-corrected chi connectivity index (χ3v) is 4.75. The lowest BCUT2D eigenvalue weighted by Crippen LogP contribution is -2.46. The summed E-state index contributed by atoms with van der Waals surface area (Å²) in [4.78, 5) is 15.1. The van der Waals surface area contributed by atoms with Crippen LogP contribution in [0.2, 0.25) is 0 Å². The van der Waals surface area contributed by atoms with Crippen LogP contribution in [-0.4, -0.2) is 25.6 Å². The highest BCUT2D eigenvalue weighted by Crippen LogP contribution is 2.33. The van der Waals surface area contributed by atoms with Gasteiger partial charge in [0, 0.05) is 23.6 Å². The largest absolute Gasteiger partial charge is 0.497 e. The van der Waals surface area contributed by atoms with Crippen molar-refractivity contribution in [2.45, 2.75) is 32.2 Å². The number of methoxy groups -OCH3 is 1. The Bertz CT molecular complexity index is 743. The fourth-order valence-electron chi connectivity index (χ4n) is 3.45. The molecule has 2 aromatic carbocycles. The van der Waals surface area contributed by atoms with Gasteiger partial charge in [-0.2, -0.15) is 0 Å². The van der Waals surface area contributed by atoms with Crippen molar-refractivity contribution in [3.8, 4) is 5.75 Å². The average molecular weight is 339 g/mol. The molecule has 0 aromatic heterocycles. The highest BCUT2D eigenvalue weighted by molar-refractivity contribution is 5.97. The van der Waals surface area contributed by atoms with Crippen molar-refractivity contribution in [3.63, 3.8) is 0 Å². The monoisotopic (exact) mass is 339 g/mol. The van der Waals surface area contributed by atoms with E-state index in [1.165, 1.54) is 0 Å². The van der Waals surface area contributed by atoms with Gasteiger partial charge in [0.1, 0.15) is 11.8 Å². The number of anilines is 3. The van der Waals surface area contributed by atoms with Crippen LogP contribution in [0.25, 0.3) is 0 Å². The maximum Gasteiger partial charge on any atom is 0.247 e. The molecule has 3 rings (SSSR count). The Labute approximate surface area is 148 Å². The lowest BCUT2D eigenvalue weighted by atomic mass is 9.97. The first-order chi connectivity index (χ1) is 12.1. The van der Waals surface area contributed by atoms with E-state index >= 15 is 0 Å². The smallest absolute Gasteiger partial charge is 0.247 e. The number of hydrogen-bond donors (Lipinski definition) is 2. The van der Waals surface area contributed by atoms with Crippen molar-refractivity contribution in [1.82, 2.24) is 0 Å². The van der Waals surface area contributed by atoms with Gasteiger partial charge in [0.05, 0.1) is 7.11 Å². The van der Waals surface area contributed by atoms with Crippen LogP contribution >= 0.6 is 0 Å². The van der Waals surface area contributed by atoms with Gasteiger partial charge in [0.2, 0.25) is 5.91 Å². The SMILES string of the molecule is CCC(C(=O)Nc1ccc(OC)cc1)N1CCCc2c(N)cccc21. The number of nitrogens with one attached hydrogen (secondary N) is 1. The first kappa shape index (κ1) is 17.1. The summed E-state index contributed by atoms with van der Waals surface area (Å²) < 4.78 is 5.16. The van der Waals surface area contributed by atoms with Crippen molar-refractivity contribution in [2.75, 3.05) is 29.6 Å². The Morgan fingerprint density at radius 2 is 2.04 bits per heavy atom. The van der Waals surface area contributed by atoms with Gasteiger partial charge in [-0.05, 0) is 61.2 Å². The average Bonchev–Trinajstić information content (AvgIpc) is 2.64. The first-order valence-electron chi connectivity index (χ1n) is 8.73. The molecule has 1 atom stereocenters. The molecule has 0 saturated heterocycles. The van der Waals surface area contributed by atoms with Crippen LogP contribution in [0.4, 0.5) is 17.1 Å². The molecule has 0 bridgehead atoms. The standard InChI is InChI=1S/C20H25N3O2/c1-3-18(20(24)22-14-9-11-15(25-2)12-10-14)23-13-5-6-16-17(21)7-4-8-19(16)23/h4,7-12,18H,3,5-6,13,21H2,1-2H3,(H,22,24). The summed E-state index contributed by atoms with van der Waals surface area (Å²) in [7, 11) is 1.63. The van der Waals surface area contributed by atoms with Crippen LogP contribution in [0.5, 0.6) is 5.75 Å². The second kappa shape index (κ2) is 7.47. The van der Waals surface area contributed by atoms with E-state index in [0.29, 0.717) is 0 Å². The molecule has 1 amide bonds. The zero-order valence-electron chi connectivity index (χ0n) is 14.8. The summed E-state index contributed by atoms with van der Waals surface area (Å²) in [5.41, 5.74) is 9.96. The van der Waals surface area contributed by atoms with Crippen molar-refractivity contribution < 1.29 is 9.53 Å². The highest BCUT2D eigenvalue weighted by atomic mass is 16.5. The van der Waals surface area contributed by atoms with Crippen LogP contribution in [0.1, 0.15) is 25.3 Å². The lowest BCUT2D eigenvalue weighted by Gasteiger charge is -2.37. The van der Waals surface area contributed by atoms with Crippen LogP contribution in [0, 0.1) is 0 Å². The van der Waals surface area contributed by atoms with Gasteiger partial charge in [-0.1, -0.05) is 13.0 Å². The second-order valence-electron chi connectivity index (χ2n) is 6.28. The van der Waals surface area contributed by atoms with Gasteiger partial charge in [-0.15, -0.1) is 0 Å². The van der Waals surface area contributed by atoms with Crippen molar-refractivity contribution in [2.24, 2.45) is 0 Å². The van der Waals surface area contributed by atoms with E-state index in [1.54, 1.807) is 7.11 Å². The fourth-order valence-corrected chi connectivity index (χ4v) is 3.45. The fraction of sp³-hybridized carbons (Fsp3) is 0.350. The molecule has 5 heteroatoms. The number of benzene rings is 2. The maximum absolute atomic E-state index is 12.9. The number of nitrogen functional groups attached to an aromatic ring is 1. The molecule has 1 heterocycles. The summed E-state index contributed by atoms with van der Waals surface area (Å²) in [6.45, 7) is 2.91. The minimum atomic E-state index is -0.219. The number of nitrogens with zero attached hydrogens (tertiary/aromatic N) is 1.